The number of nitrogens with one attached hydrogen (secondary N) is 3. The number of halogens is 2. The molecule has 2 atom stereocenters. The molecule has 246 valence electrons. The predicted octanol–water partition coefficient (Wildman–Crippen LogP) is 6.87. The average molecular weight is 618 g/mol. The Bertz CT molecular complexity index is 1170. The van der Waals surface area contributed by atoms with Crippen molar-refractivity contribution in [1.82, 2.24) is 16.0 Å². The first kappa shape index (κ1) is 37.1. The van der Waals surface area contributed by atoms with Crippen molar-refractivity contribution in [1.29, 1.82) is 0 Å². The molecule has 0 spiro atoms. The van der Waals surface area contributed by atoms with Gasteiger partial charge >= 0.3 is 6.09 Å². The molecule has 0 aromatic heterocycles. The van der Waals surface area contributed by atoms with E-state index in [1.807, 2.05) is 13.8 Å². The standard InChI is InChI=1S/C33H47F2N3O4.C2H6/c1-22(2)24-10-9-11-25(19-24)33(13-7-6-8-14-33)37-21-29(39)28(18-23-16-26(34)20-27(35)17-23)38-30(40)12-15-36-31(41)42-32(3,4)5;1-2/h9-11,16-17,19-20,22,28-29,37,39H,6-8,12-15,18,21H2,1-5H3,(H,36,41)(H,38,40);1-2H3/t28-,29?;/m0./s1. The number of amides is 2. The summed E-state index contributed by atoms with van der Waals surface area (Å²) in [6.45, 7) is 13.8. The summed E-state index contributed by atoms with van der Waals surface area (Å²) in [7, 11) is 0. The Balaban J connectivity index is 0.00000330. The van der Waals surface area contributed by atoms with Crippen LogP contribution in [0, 0.1) is 11.6 Å². The molecule has 2 amide bonds. The number of benzene rings is 2. The van der Waals surface area contributed by atoms with Gasteiger partial charge in [0.2, 0.25) is 5.91 Å². The summed E-state index contributed by atoms with van der Waals surface area (Å²) in [5.41, 5.74) is 1.77. The van der Waals surface area contributed by atoms with Gasteiger partial charge in [-0.1, -0.05) is 71.2 Å². The summed E-state index contributed by atoms with van der Waals surface area (Å²) >= 11 is 0. The lowest BCUT2D eigenvalue weighted by molar-refractivity contribution is -0.122. The van der Waals surface area contributed by atoms with Crippen LogP contribution in [0.3, 0.4) is 0 Å². The second-order valence-electron chi connectivity index (χ2n) is 12.7. The van der Waals surface area contributed by atoms with Gasteiger partial charge in [0.05, 0.1) is 12.1 Å². The molecule has 1 aliphatic carbocycles. The Morgan fingerprint density at radius 2 is 1.64 bits per heavy atom. The zero-order valence-corrected chi connectivity index (χ0v) is 27.6. The van der Waals surface area contributed by atoms with Crippen LogP contribution in [0.25, 0.3) is 0 Å². The minimum Gasteiger partial charge on any atom is -0.444 e. The van der Waals surface area contributed by atoms with Gasteiger partial charge in [0.1, 0.15) is 17.2 Å². The number of alkyl carbamates (subject to hydrolysis) is 1. The van der Waals surface area contributed by atoms with Crippen molar-refractivity contribution < 1.29 is 28.2 Å². The van der Waals surface area contributed by atoms with Crippen molar-refractivity contribution in [3.05, 3.63) is 70.8 Å². The summed E-state index contributed by atoms with van der Waals surface area (Å²) in [6.07, 6.45) is 3.39. The molecule has 0 saturated heterocycles. The molecular weight excluding hydrogens is 564 g/mol. The minimum atomic E-state index is -1.05. The van der Waals surface area contributed by atoms with E-state index in [1.54, 1.807) is 20.8 Å². The Labute approximate surface area is 262 Å². The fourth-order valence-electron chi connectivity index (χ4n) is 5.50. The molecule has 44 heavy (non-hydrogen) atoms. The summed E-state index contributed by atoms with van der Waals surface area (Å²) < 4.78 is 33.1. The Kier molecular flexibility index (Phi) is 14.7. The van der Waals surface area contributed by atoms with E-state index < -0.39 is 41.4 Å². The summed E-state index contributed by atoms with van der Waals surface area (Å²) in [4.78, 5) is 24.8. The number of rotatable bonds is 12. The van der Waals surface area contributed by atoms with Crippen molar-refractivity contribution in [3.63, 3.8) is 0 Å². The molecule has 7 nitrogen and oxygen atoms in total. The fraction of sp³-hybridized carbons (Fsp3) is 0.600. The van der Waals surface area contributed by atoms with E-state index in [0.717, 1.165) is 38.2 Å². The fourth-order valence-corrected chi connectivity index (χ4v) is 5.50. The first-order valence-electron chi connectivity index (χ1n) is 16.0. The molecule has 0 radical (unpaired) electrons. The van der Waals surface area contributed by atoms with Crippen LogP contribution >= 0.6 is 0 Å². The molecule has 1 fully saturated rings. The topological polar surface area (TPSA) is 99.7 Å². The summed E-state index contributed by atoms with van der Waals surface area (Å²) in [6, 6.07) is 10.9. The van der Waals surface area contributed by atoms with Gasteiger partial charge in [-0.25, -0.2) is 13.6 Å². The van der Waals surface area contributed by atoms with Crippen LogP contribution in [0.4, 0.5) is 13.6 Å². The van der Waals surface area contributed by atoms with Crippen LogP contribution in [-0.2, 0) is 21.5 Å². The quantitative estimate of drug-likeness (QED) is 0.208. The zero-order chi connectivity index (χ0) is 32.9. The first-order chi connectivity index (χ1) is 20.8. The molecule has 0 heterocycles. The third-order valence-corrected chi connectivity index (χ3v) is 7.67. The molecule has 2 aromatic rings. The lowest BCUT2D eigenvalue weighted by Crippen LogP contribution is -2.53. The number of carbonyl (C=O) groups excluding carboxylic acids is 2. The molecule has 1 saturated carbocycles. The maximum atomic E-state index is 14.0. The van der Waals surface area contributed by atoms with Gasteiger partial charge in [-0.2, -0.15) is 0 Å². The molecule has 1 aliphatic rings. The molecule has 2 aromatic carbocycles. The second kappa shape index (κ2) is 17.4. The van der Waals surface area contributed by atoms with Crippen molar-refractivity contribution in [2.24, 2.45) is 0 Å². The van der Waals surface area contributed by atoms with E-state index in [9.17, 15) is 23.5 Å². The number of hydrogen-bond donors (Lipinski definition) is 4. The van der Waals surface area contributed by atoms with Gasteiger partial charge in [0.15, 0.2) is 0 Å². The maximum Gasteiger partial charge on any atom is 0.407 e. The van der Waals surface area contributed by atoms with Crippen LogP contribution in [-0.4, -0.2) is 47.9 Å². The lowest BCUT2D eigenvalue weighted by atomic mass is 9.75. The molecule has 9 heteroatoms. The molecule has 0 aliphatic heterocycles. The van der Waals surface area contributed by atoms with E-state index in [2.05, 4.69) is 54.1 Å². The van der Waals surface area contributed by atoms with Crippen molar-refractivity contribution in [2.45, 2.75) is 123 Å². The number of hydrogen-bond acceptors (Lipinski definition) is 5. The van der Waals surface area contributed by atoms with E-state index in [-0.39, 0.29) is 31.5 Å². The molecule has 3 rings (SSSR count). The third-order valence-electron chi connectivity index (χ3n) is 7.67. The Hall–Kier alpha value is -3.04. The van der Waals surface area contributed by atoms with Gasteiger partial charge in [0.25, 0.3) is 0 Å². The number of carbonyl (C=O) groups is 2. The van der Waals surface area contributed by atoms with Crippen LogP contribution in [0.5, 0.6) is 0 Å². The van der Waals surface area contributed by atoms with Gasteiger partial charge in [0, 0.05) is 31.1 Å². The highest BCUT2D eigenvalue weighted by molar-refractivity contribution is 5.77. The first-order valence-corrected chi connectivity index (χ1v) is 16.0. The summed E-state index contributed by atoms with van der Waals surface area (Å²) in [5.74, 6) is -1.48. The minimum absolute atomic E-state index is 0.0264. The highest BCUT2D eigenvalue weighted by Crippen LogP contribution is 2.38. The van der Waals surface area contributed by atoms with Crippen molar-refractivity contribution >= 4 is 12.0 Å². The van der Waals surface area contributed by atoms with Crippen molar-refractivity contribution in [3.8, 4) is 0 Å². The smallest absolute Gasteiger partial charge is 0.407 e. The lowest BCUT2D eigenvalue weighted by Gasteiger charge is -2.40. The van der Waals surface area contributed by atoms with Crippen molar-refractivity contribution in [2.75, 3.05) is 13.1 Å². The number of ether oxygens (including phenoxy) is 1. The Morgan fingerprint density at radius 3 is 2.23 bits per heavy atom. The highest BCUT2D eigenvalue weighted by Gasteiger charge is 2.35. The van der Waals surface area contributed by atoms with E-state index >= 15 is 0 Å². The van der Waals surface area contributed by atoms with E-state index in [0.29, 0.717) is 11.5 Å². The second-order valence-corrected chi connectivity index (χ2v) is 12.7. The molecule has 1 unspecified atom stereocenters. The summed E-state index contributed by atoms with van der Waals surface area (Å²) in [5, 5.41) is 20.4. The maximum absolute atomic E-state index is 14.0. The Morgan fingerprint density at radius 1 is 1.00 bits per heavy atom. The van der Waals surface area contributed by atoms with Gasteiger partial charge in [-0.3, -0.25) is 4.79 Å². The molecule has 4 N–H and O–H groups in total. The predicted molar refractivity (Wildman–Crippen MR) is 171 cm³/mol. The van der Waals surface area contributed by atoms with E-state index in [4.69, 9.17) is 4.74 Å². The third kappa shape index (κ3) is 12.2. The van der Waals surface area contributed by atoms with Crippen LogP contribution in [0.2, 0.25) is 0 Å². The van der Waals surface area contributed by atoms with Crippen LogP contribution < -0.4 is 16.0 Å². The van der Waals surface area contributed by atoms with Gasteiger partial charge in [-0.15, -0.1) is 0 Å². The average Bonchev–Trinajstić information content (AvgIpc) is 2.95. The van der Waals surface area contributed by atoms with E-state index in [1.165, 1.54) is 23.3 Å². The number of aliphatic hydroxyl groups excluding tert-OH is 1. The normalized spacial score (nSPS) is 15.9. The SMILES string of the molecule is CC.CC(C)c1cccc(C2(NCC(O)[C@H](Cc3cc(F)cc(F)c3)NC(=O)CCNC(=O)OC(C)(C)C)CCCCC2)c1. The van der Waals surface area contributed by atoms with Gasteiger partial charge in [-0.05, 0) is 74.8 Å². The largest absolute Gasteiger partial charge is 0.444 e. The molecule has 0 bridgehead atoms. The monoisotopic (exact) mass is 617 g/mol. The van der Waals surface area contributed by atoms with Crippen LogP contribution in [0.15, 0.2) is 42.5 Å². The molecular formula is C35H53F2N3O4. The zero-order valence-electron chi connectivity index (χ0n) is 27.6. The van der Waals surface area contributed by atoms with Crippen LogP contribution in [0.1, 0.15) is 110 Å². The van der Waals surface area contributed by atoms with Gasteiger partial charge < -0.3 is 25.8 Å². The number of aliphatic hydroxyl groups is 1. The highest BCUT2D eigenvalue weighted by atomic mass is 19.1.